The minimum Gasteiger partial charge on any atom is -0.350 e. The van der Waals surface area contributed by atoms with Crippen molar-refractivity contribution in [3.8, 4) is 0 Å². The molecule has 0 aliphatic carbocycles. The largest absolute Gasteiger partial charge is 0.350 e. The van der Waals surface area contributed by atoms with E-state index < -0.39 is 0 Å². The number of aromatic nitrogens is 1. The first-order valence-electron chi connectivity index (χ1n) is 6.17. The fraction of sp³-hybridized carbons (Fsp3) is 0.267. The fourth-order valence-electron chi connectivity index (χ4n) is 2.29. The van der Waals surface area contributed by atoms with Gasteiger partial charge in [-0.15, -0.1) is 0 Å². The number of benzene rings is 1. The number of halogens is 1. The van der Waals surface area contributed by atoms with Crippen molar-refractivity contribution in [3.63, 3.8) is 0 Å². The van der Waals surface area contributed by atoms with Crippen LogP contribution in [0.15, 0.2) is 37.1 Å². The molecule has 0 spiro atoms. The van der Waals surface area contributed by atoms with Crippen molar-refractivity contribution >= 4 is 16.8 Å². The number of carbonyl (C=O) groups is 1. The molecular formula is C15H17FN2O. The minimum absolute atomic E-state index is 0.0284. The highest BCUT2D eigenvalue weighted by molar-refractivity contribution is 5.87. The molecule has 1 unspecified atom stereocenters. The standard InChI is InChI=1S/C15H17FN2O/c1-4-15(19)17-10(2)7-11-9-18(3)14-6-5-12(16)8-13(11)14/h4-6,8-10H,1,7H2,2-3H3,(H,17,19). The Balaban J connectivity index is 2.27. The van der Waals surface area contributed by atoms with Crippen molar-refractivity contribution in [3.05, 3.63) is 48.4 Å². The van der Waals surface area contributed by atoms with Gasteiger partial charge in [0.1, 0.15) is 5.82 Å². The Morgan fingerprint density at radius 2 is 2.32 bits per heavy atom. The molecule has 0 aliphatic rings. The molecule has 100 valence electrons. The first kappa shape index (κ1) is 13.3. The minimum atomic E-state index is -0.247. The number of fused-ring (bicyclic) bond motifs is 1. The first-order valence-corrected chi connectivity index (χ1v) is 6.17. The molecule has 1 amide bonds. The summed E-state index contributed by atoms with van der Waals surface area (Å²) in [4.78, 5) is 11.2. The zero-order valence-corrected chi connectivity index (χ0v) is 11.1. The van der Waals surface area contributed by atoms with Crippen LogP contribution in [0.3, 0.4) is 0 Å². The van der Waals surface area contributed by atoms with Gasteiger partial charge in [0.15, 0.2) is 0 Å². The lowest BCUT2D eigenvalue weighted by molar-refractivity contribution is -0.117. The second-order valence-electron chi connectivity index (χ2n) is 4.74. The van der Waals surface area contributed by atoms with Crippen LogP contribution in [0.2, 0.25) is 0 Å². The summed E-state index contributed by atoms with van der Waals surface area (Å²) in [5.74, 6) is -0.443. The molecule has 0 fully saturated rings. The number of nitrogens with zero attached hydrogens (tertiary/aromatic N) is 1. The quantitative estimate of drug-likeness (QED) is 0.842. The van der Waals surface area contributed by atoms with Gasteiger partial charge < -0.3 is 9.88 Å². The summed E-state index contributed by atoms with van der Waals surface area (Å²) in [7, 11) is 1.93. The summed E-state index contributed by atoms with van der Waals surface area (Å²) in [6, 6.07) is 4.72. The van der Waals surface area contributed by atoms with E-state index in [2.05, 4.69) is 11.9 Å². The number of amides is 1. The van der Waals surface area contributed by atoms with Gasteiger partial charge in [-0.3, -0.25) is 4.79 Å². The molecule has 1 aromatic heterocycles. The van der Waals surface area contributed by atoms with Crippen LogP contribution in [0.25, 0.3) is 10.9 Å². The van der Waals surface area contributed by atoms with Crippen molar-refractivity contribution in [2.75, 3.05) is 0 Å². The SMILES string of the molecule is C=CC(=O)NC(C)Cc1cn(C)c2ccc(F)cc12. The monoisotopic (exact) mass is 260 g/mol. The zero-order valence-electron chi connectivity index (χ0n) is 11.1. The second-order valence-corrected chi connectivity index (χ2v) is 4.74. The molecule has 2 rings (SSSR count). The average molecular weight is 260 g/mol. The van der Waals surface area contributed by atoms with E-state index in [1.165, 1.54) is 18.2 Å². The van der Waals surface area contributed by atoms with E-state index in [1.807, 2.05) is 24.7 Å². The molecule has 2 aromatic rings. The third-order valence-electron chi connectivity index (χ3n) is 3.13. The maximum atomic E-state index is 13.3. The molecule has 1 atom stereocenters. The van der Waals surface area contributed by atoms with Crippen LogP contribution in [0.5, 0.6) is 0 Å². The third-order valence-corrected chi connectivity index (χ3v) is 3.13. The summed E-state index contributed by atoms with van der Waals surface area (Å²) >= 11 is 0. The predicted octanol–water partition coefficient (Wildman–Crippen LogP) is 2.55. The number of rotatable bonds is 4. The highest BCUT2D eigenvalue weighted by atomic mass is 19.1. The molecule has 0 bridgehead atoms. The van der Waals surface area contributed by atoms with Crippen molar-refractivity contribution < 1.29 is 9.18 Å². The summed E-state index contributed by atoms with van der Waals surface area (Å²) in [5, 5.41) is 3.70. The van der Waals surface area contributed by atoms with Crippen molar-refractivity contribution in [1.29, 1.82) is 0 Å². The van der Waals surface area contributed by atoms with E-state index in [4.69, 9.17) is 0 Å². The van der Waals surface area contributed by atoms with Gasteiger partial charge >= 0.3 is 0 Å². The molecular weight excluding hydrogens is 243 g/mol. The van der Waals surface area contributed by atoms with Gasteiger partial charge in [-0.05, 0) is 43.2 Å². The van der Waals surface area contributed by atoms with E-state index in [-0.39, 0.29) is 17.8 Å². The maximum Gasteiger partial charge on any atom is 0.243 e. The Morgan fingerprint density at radius 1 is 1.58 bits per heavy atom. The van der Waals surface area contributed by atoms with E-state index in [9.17, 15) is 9.18 Å². The van der Waals surface area contributed by atoms with Crippen LogP contribution in [0.1, 0.15) is 12.5 Å². The summed E-state index contributed by atoms with van der Waals surface area (Å²) in [6.45, 7) is 5.34. The Kier molecular flexibility index (Phi) is 3.69. The Morgan fingerprint density at radius 3 is 3.00 bits per heavy atom. The van der Waals surface area contributed by atoms with Gasteiger partial charge in [-0.2, -0.15) is 0 Å². The number of hydrogen-bond donors (Lipinski definition) is 1. The molecule has 0 radical (unpaired) electrons. The van der Waals surface area contributed by atoms with Crippen LogP contribution >= 0.6 is 0 Å². The van der Waals surface area contributed by atoms with Crippen molar-refractivity contribution in [2.24, 2.45) is 7.05 Å². The summed E-state index contributed by atoms with van der Waals surface area (Å²) < 4.78 is 15.3. The van der Waals surface area contributed by atoms with E-state index in [0.29, 0.717) is 6.42 Å². The topological polar surface area (TPSA) is 34.0 Å². The number of hydrogen-bond acceptors (Lipinski definition) is 1. The van der Waals surface area contributed by atoms with E-state index >= 15 is 0 Å². The second kappa shape index (κ2) is 5.26. The fourth-order valence-corrected chi connectivity index (χ4v) is 2.29. The molecule has 3 nitrogen and oxygen atoms in total. The number of nitrogens with one attached hydrogen (secondary N) is 1. The summed E-state index contributed by atoms with van der Waals surface area (Å²) in [6.07, 6.45) is 3.88. The summed E-state index contributed by atoms with van der Waals surface area (Å²) in [5.41, 5.74) is 2.01. The molecule has 4 heteroatoms. The molecule has 19 heavy (non-hydrogen) atoms. The van der Waals surface area contributed by atoms with Gasteiger partial charge in [0.25, 0.3) is 0 Å². The van der Waals surface area contributed by atoms with Crippen LogP contribution in [-0.4, -0.2) is 16.5 Å². The van der Waals surface area contributed by atoms with Gasteiger partial charge in [-0.25, -0.2) is 4.39 Å². The molecule has 0 saturated carbocycles. The molecule has 1 heterocycles. The van der Waals surface area contributed by atoms with Gasteiger partial charge in [0, 0.05) is 30.2 Å². The third kappa shape index (κ3) is 2.84. The zero-order chi connectivity index (χ0) is 14.0. The first-order chi connectivity index (χ1) is 9.01. The van der Waals surface area contributed by atoms with Crippen LogP contribution < -0.4 is 5.32 Å². The lowest BCUT2D eigenvalue weighted by Crippen LogP contribution is -2.32. The maximum absolute atomic E-state index is 13.3. The lowest BCUT2D eigenvalue weighted by atomic mass is 10.1. The molecule has 1 N–H and O–H groups in total. The van der Waals surface area contributed by atoms with Crippen molar-refractivity contribution in [2.45, 2.75) is 19.4 Å². The average Bonchev–Trinajstić information content (AvgIpc) is 2.65. The van der Waals surface area contributed by atoms with E-state index in [0.717, 1.165) is 16.5 Å². The Hall–Kier alpha value is -2.10. The Bertz CT molecular complexity index is 630. The normalized spacial score (nSPS) is 12.4. The van der Waals surface area contributed by atoms with Crippen molar-refractivity contribution in [1.82, 2.24) is 9.88 Å². The van der Waals surface area contributed by atoms with Gasteiger partial charge in [0.2, 0.25) is 5.91 Å². The highest BCUT2D eigenvalue weighted by Crippen LogP contribution is 2.22. The lowest BCUT2D eigenvalue weighted by Gasteiger charge is -2.11. The van der Waals surface area contributed by atoms with E-state index in [1.54, 1.807) is 6.07 Å². The van der Waals surface area contributed by atoms with Gasteiger partial charge in [-0.1, -0.05) is 6.58 Å². The highest BCUT2D eigenvalue weighted by Gasteiger charge is 2.12. The molecule has 1 aromatic carbocycles. The smallest absolute Gasteiger partial charge is 0.243 e. The predicted molar refractivity (Wildman–Crippen MR) is 74.4 cm³/mol. The van der Waals surface area contributed by atoms with Crippen LogP contribution in [0.4, 0.5) is 4.39 Å². The number of aryl methyl sites for hydroxylation is 1. The molecule has 0 saturated heterocycles. The molecule has 0 aliphatic heterocycles. The number of carbonyl (C=O) groups excluding carboxylic acids is 1. The Labute approximate surface area is 111 Å². The van der Waals surface area contributed by atoms with Gasteiger partial charge in [0.05, 0.1) is 0 Å². The van der Waals surface area contributed by atoms with Crippen LogP contribution in [0, 0.1) is 5.82 Å². The van der Waals surface area contributed by atoms with Crippen LogP contribution in [-0.2, 0) is 18.3 Å².